The number of carbonyl (C=O) groups excluding carboxylic acids is 1. The van der Waals surface area contributed by atoms with Crippen LogP contribution < -0.4 is 0 Å². The molecular formula is C17H21NO3. The number of rotatable bonds is 4. The quantitative estimate of drug-likeness (QED) is 0.925. The molecule has 112 valence electrons. The average molecular weight is 287 g/mol. The van der Waals surface area contributed by atoms with Crippen LogP contribution in [0.15, 0.2) is 24.3 Å². The number of nitrogens with zero attached hydrogens (tertiary/aromatic N) is 1. The van der Waals surface area contributed by atoms with Crippen molar-refractivity contribution in [2.45, 2.75) is 26.7 Å². The summed E-state index contributed by atoms with van der Waals surface area (Å²) in [5.74, 6) is 0.685. The first kappa shape index (κ1) is 14.1. The first-order valence-electron chi connectivity index (χ1n) is 7.49. The molecule has 1 aromatic carbocycles. The molecule has 1 aliphatic heterocycles. The first-order chi connectivity index (χ1) is 9.89. The van der Waals surface area contributed by atoms with Gasteiger partial charge >= 0.3 is 5.97 Å². The first-order valence-corrected chi connectivity index (χ1v) is 7.49. The maximum Gasteiger partial charge on any atom is 0.335 e. The number of hydrogen-bond donors (Lipinski definition) is 1. The standard InChI is InChI=1S/C17H21NO3/c1-17(2)13-9-18(10-14(13)17)15(19)8-5-11-3-6-12(7-4-11)16(20)21/h3-4,6-7,13-14H,5,8-10H2,1-2H3,(H,20,21). The summed E-state index contributed by atoms with van der Waals surface area (Å²) < 4.78 is 0. The van der Waals surface area contributed by atoms with Gasteiger partial charge in [0.2, 0.25) is 5.91 Å². The molecule has 2 atom stereocenters. The SMILES string of the molecule is CC1(C)C2CN(C(=O)CCc3ccc(C(=O)O)cc3)CC21. The Bertz CT molecular complexity index is 562. The molecule has 2 fully saturated rings. The van der Waals surface area contributed by atoms with Crippen LogP contribution in [0.3, 0.4) is 0 Å². The largest absolute Gasteiger partial charge is 0.478 e. The van der Waals surface area contributed by atoms with Crippen molar-refractivity contribution >= 4 is 11.9 Å². The number of amides is 1. The van der Waals surface area contributed by atoms with E-state index in [0.29, 0.717) is 30.1 Å². The van der Waals surface area contributed by atoms with Gasteiger partial charge in [-0.2, -0.15) is 0 Å². The van der Waals surface area contributed by atoms with Crippen LogP contribution in [-0.4, -0.2) is 35.0 Å². The minimum absolute atomic E-state index is 0.223. The Morgan fingerprint density at radius 2 is 1.76 bits per heavy atom. The minimum Gasteiger partial charge on any atom is -0.478 e. The fourth-order valence-corrected chi connectivity index (χ4v) is 3.56. The zero-order chi connectivity index (χ0) is 15.2. The van der Waals surface area contributed by atoms with Crippen LogP contribution in [0.5, 0.6) is 0 Å². The second-order valence-corrected chi connectivity index (χ2v) is 6.84. The van der Waals surface area contributed by atoms with Crippen molar-refractivity contribution in [2.75, 3.05) is 13.1 Å². The molecule has 0 bridgehead atoms. The molecule has 0 radical (unpaired) electrons. The summed E-state index contributed by atoms with van der Waals surface area (Å²) in [6.07, 6.45) is 1.18. The Morgan fingerprint density at radius 3 is 2.29 bits per heavy atom. The van der Waals surface area contributed by atoms with Crippen molar-refractivity contribution in [2.24, 2.45) is 17.3 Å². The molecular weight excluding hydrogens is 266 g/mol. The molecule has 0 aromatic heterocycles. The summed E-state index contributed by atoms with van der Waals surface area (Å²) in [7, 11) is 0. The zero-order valence-corrected chi connectivity index (χ0v) is 12.5. The molecule has 21 heavy (non-hydrogen) atoms. The third-order valence-corrected chi connectivity index (χ3v) is 5.30. The summed E-state index contributed by atoms with van der Waals surface area (Å²) in [5.41, 5.74) is 1.73. The molecule has 1 saturated heterocycles. The molecule has 4 nitrogen and oxygen atoms in total. The van der Waals surface area contributed by atoms with Gasteiger partial charge in [0.1, 0.15) is 0 Å². The van der Waals surface area contributed by atoms with E-state index in [1.54, 1.807) is 24.3 Å². The molecule has 0 spiro atoms. The number of fused-ring (bicyclic) bond motifs is 1. The van der Waals surface area contributed by atoms with Crippen molar-refractivity contribution in [3.8, 4) is 0 Å². The van der Waals surface area contributed by atoms with Gasteiger partial charge in [-0.05, 0) is 41.4 Å². The highest BCUT2D eigenvalue weighted by Gasteiger charge is 2.62. The Kier molecular flexibility index (Phi) is 3.27. The highest BCUT2D eigenvalue weighted by atomic mass is 16.4. The van der Waals surface area contributed by atoms with Gasteiger partial charge in [-0.25, -0.2) is 4.79 Å². The van der Waals surface area contributed by atoms with E-state index in [-0.39, 0.29) is 11.5 Å². The number of hydrogen-bond acceptors (Lipinski definition) is 2. The lowest BCUT2D eigenvalue weighted by atomic mass is 10.0. The third kappa shape index (κ3) is 2.55. The topological polar surface area (TPSA) is 57.6 Å². The molecule has 1 aliphatic carbocycles. The smallest absolute Gasteiger partial charge is 0.335 e. The Labute approximate surface area is 124 Å². The summed E-state index contributed by atoms with van der Waals surface area (Å²) in [4.78, 5) is 25.0. The van der Waals surface area contributed by atoms with Crippen LogP contribution in [0.25, 0.3) is 0 Å². The number of likely N-dealkylation sites (tertiary alicyclic amines) is 1. The van der Waals surface area contributed by atoms with Crippen LogP contribution in [0.4, 0.5) is 0 Å². The maximum absolute atomic E-state index is 12.2. The van der Waals surface area contributed by atoms with E-state index < -0.39 is 5.97 Å². The average Bonchev–Trinajstić information content (AvgIpc) is 2.83. The Morgan fingerprint density at radius 1 is 1.19 bits per heavy atom. The van der Waals surface area contributed by atoms with Gasteiger partial charge in [-0.15, -0.1) is 0 Å². The third-order valence-electron chi connectivity index (χ3n) is 5.30. The Hall–Kier alpha value is -1.84. The minimum atomic E-state index is -0.920. The van der Waals surface area contributed by atoms with E-state index in [1.165, 1.54) is 0 Å². The molecule has 4 heteroatoms. The van der Waals surface area contributed by atoms with E-state index in [9.17, 15) is 9.59 Å². The summed E-state index contributed by atoms with van der Waals surface area (Å²) in [6.45, 7) is 6.39. The second-order valence-electron chi connectivity index (χ2n) is 6.84. The van der Waals surface area contributed by atoms with Gasteiger partial charge in [0, 0.05) is 19.5 Å². The lowest BCUT2D eigenvalue weighted by molar-refractivity contribution is -0.130. The predicted octanol–water partition coefficient (Wildman–Crippen LogP) is 2.43. The fourth-order valence-electron chi connectivity index (χ4n) is 3.56. The summed E-state index contributed by atoms with van der Waals surface area (Å²) in [6, 6.07) is 6.77. The fraction of sp³-hybridized carbons (Fsp3) is 0.529. The van der Waals surface area contributed by atoms with Gasteiger partial charge in [0.15, 0.2) is 0 Å². The van der Waals surface area contributed by atoms with Crippen molar-refractivity contribution in [1.29, 1.82) is 0 Å². The summed E-state index contributed by atoms with van der Waals surface area (Å²) >= 11 is 0. The number of aryl methyl sites for hydroxylation is 1. The molecule has 1 aromatic rings. The number of piperidine rings is 1. The number of benzene rings is 1. The molecule has 2 unspecified atom stereocenters. The number of carboxylic acid groups (broad SMARTS) is 1. The van der Waals surface area contributed by atoms with Crippen LogP contribution in [0, 0.1) is 17.3 Å². The lowest BCUT2D eigenvalue weighted by Crippen LogP contribution is -2.32. The molecule has 1 heterocycles. The number of aromatic carboxylic acids is 1. The van der Waals surface area contributed by atoms with Crippen molar-refractivity contribution in [3.05, 3.63) is 35.4 Å². The maximum atomic E-state index is 12.2. The summed E-state index contributed by atoms with van der Waals surface area (Å²) in [5, 5.41) is 8.85. The second kappa shape index (κ2) is 4.86. The van der Waals surface area contributed by atoms with Crippen LogP contribution in [-0.2, 0) is 11.2 Å². The van der Waals surface area contributed by atoms with Crippen LogP contribution in [0.1, 0.15) is 36.2 Å². The monoisotopic (exact) mass is 287 g/mol. The van der Waals surface area contributed by atoms with E-state index in [2.05, 4.69) is 13.8 Å². The van der Waals surface area contributed by atoms with Crippen molar-refractivity contribution in [1.82, 2.24) is 4.90 Å². The highest BCUT2D eigenvalue weighted by molar-refractivity contribution is 5.87. The van der Waals surface area contributed by atoms with Gasteiger partial charge < -0.3 is 10.0 Å². The van der Waals surface area contributed by atoms with Gasteiger partial charge in [0.25, 0.3) is 0 Å². The van der Waals surface area contributed by atoms with Crippen molar-refractivity contribution < 1.29 is 14.7 Å². The number of carbonyl (C=O) groups is 2. The van der Waals surface area contributed by atoms with Gasteiger partial charge in [0.05, 0.1) is 5.56 Å². The predicted molar refractivity (Wildman–Crippen MR) is 79.1 cm³/mol. The lowest BCUT2D eigenvalue weighted by Gasteiger charge is -2.22. The van der Waals surface area contributed by atoms with Crippen LogP contribution in [0.2, 0.25) is 0 Å². The highest BCUT2D eigenvalue weighted by Crippen LogP contribution is 2.61. The Balaban J connectivity index is 1.49. The molecule has 1 saturated carbocycles. The molecule has 1 amide bonds. The zero-order valence-electron chi connectivity index (χ0n) is 12.5. The van der Waals surface area contributed by atoms with E-state index in [0.717, 1.165) is 18.7 Å². The van der Waals surface area contributed by atoms with Crippen LogP contribution >= 0.6 is 0 Å². The van der Waals surface area contributed by atoms with Gasteiger partial charge in [-0.1, -0.05) is 26.0 Å². The normalized spacial score (nSPS) is 25.5. The van der Waals surface area contributed by atoms with E-state index >= 15 is 0 Å². The van der Waals surface area contributed by atoms with E-state index in [4.69, 9.17) is 5.11 Å². The van der Waals surface area contributed by atoms with Crippen molar-refractivity contribution in [3.63, 3.8) is 0 Å². The number of carboxylic acids is 1. The van der Waals surface area contributed by atoms with Gasteiger partial charge in [-0.3, -0.25) is 4.79 Å². The molecule has 2 aliphatic rings. The molecule has 3 rings (SSSR count). The van der Waals surface area contributed by atoms with E-state index in [1.807, 2.05) is 4.90 Å². The molecule has 1 N–H and O–H groups in total.